The molecule has 10 aromatic carbocycles. The molecular formula is C63H46N2. The number of fused-ring (bicyclic) bond motifs is 5. The molecule has 0 N–H and O–H groups in total. The highest BCUT2D eigenvalue weighted by atomic mass is 15.1. The summed E-state index contributed by atoms with van der Waals surface area (Å²) in [5.41, 5.74) is 21.1. The molecule has 10 aromatic rings. The first-order valence-electron chi connectivity index (χ1n) is 22.4. The van der Waals surface area contributed by atoms with E-state index in [2.05, 4.69) is 238 Å². The van der Waals surface area contributed by atoms with Gasteiger partial charge in [0.05, 0.1) is 22.7 Å². The SMILES string of the molecule is Cc1ccc2c(c1)C(c1ccc(-c3ccccc3)cc1)(c1ccc(-c3ccccc3)cc1)c1cc(N(c3cccc(C#N)c3)c3ccc(-c4ccccc4C)c(C)c3)c3ccccc3c1-2. The number of hydrogen-bond donors (Lipinski definition) is 0. The standard InChI is InChI=1S/C63H46N2/c1-42-25-35-58-59(37-42)63(50-30-26-48(27-31-50)46-17-6-4-7-18-46,51-32-28-49(29-33-51)47-19-8-5-9-20-47)60-40-61(56-23-12-13-24-57(56)62(58)60)65(52-21-14-16-45(39-52)41-64)53-34-36-55(44(3)38-53)54-22-11-10-15-43(54)2/h4-40H,1-3H3. The Balaban J connectivity index is 1.23. The second kappa shape index (κ2) is 16.1. The Kier molecular flexibility index (Phi) is 9.83. The van der Waals surface area contributed by atoms with Crippen molar-refractivity contribution in [2.45, 2.75) is 26.2 Å². The Hall–Kier alpha value is -8.25. The van der Waals surface area contributed by atoms with E-state index in [4.69, 9.17) is 0 Å². The third-order valence-electron chi connectivity index (χ3n) is 13.5. The number of nitrogens with zero attached hydrogens (tertiary/aromatic N) is 2. The van der Waals surface area contributed by atoms with E-state index in [-0.39, 0.29) is 0 Å². The minimum atomic E-state index is -0.690. The maximum Gasteiger partial charge on any atom is 0.0992 e. The second-order valence-corrected chi connectivity index (χ2v) is 17.4. The number of rotatable bonds is 8. The summed E-state index contributed by atoms with van der Waals surface area (Å²) in [6.45, 7) is 6.59. The van der Waals surface area contributed by atoms with Crippen molar-refractivity contribution in [3.63, 3.8) is 0 Å². The lowest BCUT2D eigenvalue weighted by molar-refractivity contribution is 0.768. The van der Waals surface area contributed by atoms with Gasteiger partial charge in [-0.15, -0.1) is 0 Å². The highest BCUT2D eigenvalue weighted by molar-refractivity contribution is 6.11. The van der Waals surface area contributed by atoms with Gasteiger partial charge in [0.15, 0.2) is 0 Å². The molecule has 0 spiro atoms. The summed E-state index contributed by atoms with van der Waals surface area (Å²) in [5.74, 6) is 0. The Bertz CT molecular complexity index is 3370. The van der Waals surface area contributed by atoms with Crippen LogP contribution in [-0.4, -0.2) is 0 Å². The van der Waals surface area contributed by atoms with Gasteiger partial charge in [0.1, 0.15) is 0 Å². The molecule has 0 aliphatic heterocycles. The number of aryl methyl sites for hydroxylation is 3. The normalized spacial score (nSPS) is 12.3. The van der Waals surface area contributed by atoms with E-state index < -0.39 is 5.41 Å². The lowest BCUT2D eigenvalue weighted by atomic mass is 9.67. The molecule has 65 heavy (non-hydrogen) atoms. The van der Waals surface area contributed by atoms with Crippen molar-refractivity contribution in [2.24, 2.45) is 0 Å². The fourth-order valence-corrected chi connectivity index (χ4v) is 10.4. The first kappa shape index (κ1) is 39.6. The molecule has 0 heterocycles. The fraction of sp³-hybridized carbons (Fsp3) is 0.0635. The second-order valence-electron chi connectivity index (χ2n) is 17.4. The van der Waals surface area contributed by atoms with E-state index in [0.29, 0.717) is 5.56 Å². The molecule has 0 atom stereocenters. The van der Waals surface area contributed by atoms with Crippen LogP contribution in [0.4, 0.5) is 17.1 Å². The van der Waals surface area contributed by atoms with E-state index in [0.717, 1.165) is 22.4 Å². The maximum absolute atomic E-state index is 10.3. The van der Waals surface area contributed by atoms with Crippen LogP contribution in [0.5, 0.6) is 0 Å². The highest BCUT2D eigenvalue weighted by Gasteiger charge is 2.47. The molecule has 0 radical (unpaired) electrons. The highest BCUT2D eigenvalue weighted by Crippen LogP contribution is 2.60. The summed E-state index contributed by atoms with van der Waals surface area (Å²) in [7, 11) is 0. The van der Waals surface area contributed by atoms with Gasteiger partial charge in [0, 0.05) is 16.8 Å². The van der Waals surface area contributed by atoms with E-state index in [1.54, 1.807) is 0 Å². The molecule has 0 aromatic heterocycles. The van der Waals surface area contributed by atoms with Gasteiger partial charge >= 0.3 is 0 Å². The molecule has 1 aliphatic rings. The Morgan fingerprint density at radius 1 is 0.400 bits per heavy atom. The average Bonchev–Trinajstić information content (AvgIpc) is 3.65. The number of hydrogen-bond acceptors (Lipinski definition) is 2. The first-order chi connectivity index (χ1) is 31.9. The van der Waals surface area contributed by atoms with Gasteiger partial charge in [0.2, 0.25) is 0 Å². The van der Waals surface area contributed by atoms with Crippen LogP contribution >= 0.6 is 0 Å². The Morgan fingerprint density at radius 2 is 0.954 bits per heavy atom. The third-order valence-corrected chi connectivity index (χ3v) is 13.5. The Labute approximate surface area is 382 Å². The lowest BCUT2D eigenvalue weighted by Crippen LogP contribution is -2.29. The molecule has 11 rings (SSSR count). The van der Waals surface area contributed by atoms with Crippen LogP contribution in [0, 0.1) is 32.1 Å². The fourth-order valence-electron chi connectivity index (χ4n) is 10.4. The van der Waals surface area contributed by atoms with Crippen molar-refractivity contribution in [2.75, 3.05) is 4.90 Å². The van der Waals surface area contributed by atoms with Gasteiger partial charge in [-0.05, 0) is 140 Å². The van der Waals surface area contributed by atoms with Crippen LogP contribution < -0.4 is 4.90 Å². The monoisotopic (exact) mass is 830 g/mol. The van der Waals surface area contributed by atoms with Gasteiger partial charge in [-0.25, -0.2) is 0 Å². The van der Waals surface area contributed by atoms with Crippen LogP contribution in [0.1, 0.15) is 44.5 Å². The molecule has 0 fully saturated rings. The third kappa shape index (κ3) is 6.64. The van der Waals surface area contributed by atoms with Gasteiger partial charge < -0.3 is 4.90 Å². The van der Waals surface area contributed by atoms with Crippen molar-refractivity contribution >= 4 is 27.8 Å². The molecule has 0 bridgehead atoms. The number of nitriles is 1. The minimum absolute atomic E-state index is 0.612. The van der Waals surface area contributed by atoms with E-state index in [1.165, 1.54) is 88.8 Å². The quantitative estimate of drug-likeness (QED) is 0.153. The smallest absolute Gasteiger partial charge is 0.0992 e. The molecule has 0 saturated carbocycles. The topological polar surface area (TPSA) is 27.0 Å². The zero-order valence-corrected chi connectivity index (χ0v) is 36.8. The van der Waals surface area contributed by atoms with Gasteiger partial charge in [-0.3, -0.25) is 0 Å². The summed E-state index contributed by atoms with van der Waals surface area (Å²) >= 11 is 0. The molecule has 0 saturated heterocycles. The minimum Gasteiger partial charge on any atom is -0.310 e. The van der Waals surface area contributed by atoms with Gasteiger partial charge in [-0.1, -0.05) is 194 Å². The summed E-state index contributed by atoms with van der Waals surface area (Å²) in [5, 5.41) is 12.6. The molecule has 308 valence electrons. The van der Waals surface area contributed by atoms with Gasteiger partial charge in [0.25, 0.3) is 0 Å². The molecular weight excluding hydrogens is 785 g/mol. The van der Waals surface area contributed by atoms with Crippen molar-refractivity contribution in [1.29, 1.82) is 5.26 Å². The van der Waals surface area contributed by atoms with Crippen molar-refractivity contribution in [3.05, 3.63) is 269 Å². The summed E-state index contributed by atoms with van der Waals surface area (Å²) in [6.07, 6.45) is 0. The predicted octanol–water partition coefficient (Wildman–Crippen LogP) is 16.5. The van der Waals surface area contributed by atoms with Crippen LogP contribution in [0.15, 0.2) is 224 Å². The van der Waals surface area contributed by atoms with E-state index in [1.807, 2.05) is 18.2 Å². The molecule has 2 heteroatoms. The largest absolute Gasteiger partial charge is 0.310 e. The van der Waals surface area contributed by atoms with Crippen molar-refractivity contribution in [3.8, 4) is 50.6 Å². The van der Waals surface area contributed by atoms with Crippen LogP contribution in [0.2, 0.25) is 0 Å². The predicted molar refractivity (Wildman–Crippen MR) is 271 cm³/mol. The molecule has 1 aliphatic carbocycles. The van der Waals surface area contributed by atoms with Crippen LogP contribution in [0.3, 0.4) is 0 Å². The summed E-state index contributed by atoms with van der Waals surface area (Å²) in [4.78, 5) is 2.37. The van der Waals surface area contributed by atoms with E-state index >= 15 is 0 Å². The summed E-state index contributed by atoms with van der Waals surface area (Å²) < 4.78 is 0. The Morgan fingerprint density at radius 3 is 1.58 bits per heavy atom. The average molecular weight is 831 g/mol. The molecule has 0 amide bonds. The molecule has 0 unspecified atom stereocenters. The maximum atomic E-state index is 10.3. The molecule has 2 nitrogen and oxygen atoms in total. The number of benzene rings is 10. The number of anilines is 3. The first-order valence-corrected chi connectivity index (χ1v) is 22.4. The van der Waals surface area contributed by atoms with Crippen molar-refractivity contribution < 1.29 is 0 Å². The zero-order chi connectivity index (χ0) is 44.1. The van der Waals surface area contributed by atoms with Crippen LogP contribution in [-0.2, 0) is 5.41 Å². The summed E-state index contributed by atoms with van der Waals surface area (Å²) in [6, 6.07) is 84.1. The van der Waals surface area contributed by atoms with E-state index in [9.17, 15) is 5.26 Å². The van der Waals surface area contributed by atoms with Gasteiger partial charge in [-0.2, -0.15) is 5.26 Å². The lowest BCUT2D eigenvalue weighted by Gasteiger charge is -2.36. The zero-order valence-electron chi connectivity index (χ0n) is 36.8. The van der Waals surface area contributed by atoms with Crippen molar-refractivity contribution in [1.82, 2.24) is 0 Å². The van der Waals surface area contributed by atoms with Crippen LogP contribution in [0.25, 0.3) is 55.3 Å².